The highest BCUT2D eigenvalue weighted by Crippen LogP contribution is 2.22. The van der Waals surface area contributed by atoms with Crippen LogP contribution in [0.25, 0.3) is 10.9 Å². The second kappa shape index (κ2) is 7.65. The van der Waals surface area contributed by atoms with E-state index < -0.39 is 23.3 Å². The van der Waals surface area contributed by atoms with Gasteiger partial charge >= 0.3 is 5.97 Å². The van der Waals surface area contributed by atoms with Crippen molar-refractivity contribution in [3.8, 4) is 0 Å². The van der Waals surface area contributed by atoms with Gasteiger partial charge in [-0.1, -0.05) is 39.0 Å². The monoisotopic (exact) mass is 347 g/mol. The van der Waals surface area contributed by atoms with Crippen molar-refractivity contribution < 1.29 is 19.8 Å². The summed E-state index contributed by atoms with van der Waals surface area (Å²) < 4.78 is 1.73. The zero-order chi connectivity index (χ0) is 18.6. The number of aliphatic carboxylic acids is 1. The van der Waals surface area contributed by atoms with Crippen molar-refractivity contribution in [2.45, 2.75) is 46.2 Å². The van der Waals surface area contributed by atoms with E-state index in [0.717, 1.165) is 11.9 Å². The maximum atomic E-state index is 12.7. The number of aromatic nitrogens is 2. The topological polar surface area (TPSA) is 104 Å². The minimum absolute atomic E-state index is 0.110. The third-order valence-electron chi connectivity index (χ3n) is 4.04. The summed E-state index contributed by atoms with van der Waals surface area (Å²) in [6, 6.07) is 6.34. The summed E-state index contributed by atoms with van der Waals surface area (Å²) in [4.78, 5) is 24.2. The Bertz CT molecular complexity index is 761. The van der Waals surface area contributed by atoms with Gasteiger partial charge in [0.1, 0.15) is 6.04 Å². The highest BCUT2D eigenvalue weighted by Gasteiger charge is 2.33. The van der Waals surface area contributed by atoms with Gasteiger partial charge in [-0.25, -0.2) is 4.79 Å². The molecule has 0 spiro atoms. The molecule has 1 heterocycles. The summed E-state index contributed by atoms with van der Waals surface area (Å²) in [5.74, 6) is -1.58. The Morgan fingerprint density at radius 2 is 1.92 bits per heavy atom. The summed E-state index contributed by atoms with van der Waals surface area (Å²) in [5.41, 5.74) is 0.407. The summed E-state index contributed by atoms with van der Waals surface area (Å²) in [5, 5.41) is 26.0. The molecule has 0 saturated carbocycles. The van der Waals surface area contributed by atoms with Gasteiger partial charge < -0.3 is 15.5 Å². The van der Waals surface area contributed by atoms with Gasteiger partial charge in [-0.3, -0.25) is 9.48 Å². The molecule has 0 unspecified atom stereocenters. The number of benzene rings is 1. The molecule has 0 radical (unpaired) electrons. The molecular formula is C18H25N3O4. The minimum atomic E-state index is -1.08. The molecule has 1 atom stereocenters. The van der Waals surface area contributed by atoms with Crippen LogP contribution in [0.5, 0.6) is 0 Å². The first kappa shape index (κ1) is 18.9. The number of carbonyl (C=O) groups excluding carboxylic acids is 1. The Morgan fingerprint density at radius 3 is 2.52 bits per heavy atom. The van der Waals surface area contributed by atoms with Crippen LogP contribution >= 0.6 is 0 Å². The van der Waals surface area contributed by atoms with Gasteiger partial charge in [-0.15, -0.1) is 0 Å². The fraction of sp³-hybridized carbons (Fsp3) is 0.500. The number of aryl methyl sites for hydroxylation is 1. The summed E-state index contributed by atoms with van der Waals surface area (Å²) >= 11 is 0. The summed E-state index contributed by atoms with van der Waals surface area (Å²) in [6.45, 7) is 5.97. The maximum Gasteiger partial charge on any atom is 0.326 e. The second-order valence-electron chi connectivity index (χ2n) is 7.13. The standard InChI is InChI=1S/C18H25N3O4/c1-18(2,3)15(17(24)25)19-16(23)14-12-8-4-5-9-13(12)21(20-14)10-6-7-11-22/h4-5,8-9,15,22H,6-7,10-11H2,1-3H3,(H,19,23)(H,24,25)/t15-/m1/s1. The molecule has 0 aliphatic heterocycles. The molecule has 0 aliphatic rings. The van der Waals surface area contributed by atoms with Crippen LogP contribution in [0.3, 0.4) is 0 Å². The first-order valence-corrected chi connectivity index (χ1v) is 8.35. The number of amides is 1. The quantitative estimate of drug-likeness (QED) is 0.665. The lowest BCUT2D eigenvalue weighted by Crippen LogP contribution is -2.49. The van der Waals surface area contributed by atoms with Gasteiger partial charge in [-0.05, 0) is 24.3 Å². The zero-order valence-corrected chi connectivity index (χ0v) is 14.8. The van der Waals surface area contributed by atoms with E-state index in [-0.39, 0.29) is 12.3 Å². The second-order valence-corrected chi connectivity index (χ2v) is 7.13. The maximum absolute atomic E-state index is 12.7. The van der Waals surface area contributed by atoms with Gasteiger partial charge in [0, 0.05) is 18.5 Å². The number of para-hydroxylation sites is 1. The number of fused-ring (bicyclic) bond motifs is 1. The van der Waals surface area contributed by atoms with E-state index in [1.165, 1.54) is 0 Å². The molecule has 0 saturated heterocycles. The first-order chi connectivity index (χ1) is 11.8. The first-order valence-electron chi connectivity index (χ1n) is 8.35. The Kier molecular flexibility index (Phi) is 5.79. The van der Waals surface area contributed by atoms with Crippen molar-refractivity contribution in [1.82, 2.24) is 15.1 Å². The Hall–Kier alpha value is -2.41. The van der Waals surface area contributed by atoms with E-state index in [2.05, 4.69) is 10.4 Å². The summed E-state index contributed by atoms with van der Waals surface area (Å²) in [6.07, 6.45) is 1.39. The van der Waals surface area contributed by atoms with Crippen LogP contribution in [0.2, 0.25) is 0 Å². The van der Waals surface area contributed by atoms with E-state index in [0.29, 0.717) is 18.4 Å². The zero-order valence-electron chi connectivity index (χ0n) is 14.8. The van der Waals surface area contributed by atoms with Crippen LogP contribution in [0.4, 0.5) is 0 Å². The SMILES string of the molecule is CC(C)(C)[C@H](NC(=O)c1nn(CCCCO)c2ccccc12)C(=O)O. The van der Waals surface area contributed by atoms with Crippen LogP contribution in [-0.2, 0) is 11.3 Å². The highest BCUT2D eigenvalue weighted by atomic mass is 16.4. The highest BCUT2D eigenvalue weighted by molar-refractivity contribution is 6.05. The Morgan fingerprint density at radius 1 is 1.24 bits per heavy atom. The van der Waals surface area contributed by atoms with Crippen molar-refractivity contribution in [2.24, 2.45) is 5.41 Å². The molecule has 0 fully saturated rings. The molecule has 1 aromatic heterocycles. The van der Waals surface area contributed by atoms with Crippen molar-refractivity contribution >= 4 is 22.8 Å². The third-order valence-corrected chi connectivity index (χ3v) is 4.04. The van der Waals surface area contributed by atoms with Crippen LogP contribution < -0.4 is 5.32 Å². The van der Waals surface area contributed by atoms with Gasteiger partial charge in [0.15, 0.2) is 5.69 Å². The molecule has 1 aromatic carbocycles. The third kappa shape index (κ3) is 4.36. The number of carboxylic acids is 1. The van der Waals surface area contributed by atoms with E-state index >= 15 is 0 Å². The Balaban J connectivity index is 2.33. The van der Waals surface area contributed by atoms with Crippen molar-refractivity contribution in [3.63, 3.8) is 0 Å². The average molecular weight is 347 g/mol. The lowest BCUT2D eigenvalue weighted by atomic mass is 9.86. The molecular weight excluding hydrogens is 322 g/mol. The van der Waals surface area contributed by atoms with Gasteiger partial charge in [-0.2, -0.15) is 5.10 Å². The number of aliphatic hydroxyl groups excluding tert-OH is 1. The number of carboxylic acid groups (broad SMARTS) is 1. The van der Waals surface area contributed by atoms with Crippen LogP contribution in [0, 0.1) is 5.41 Å². The molecule has 25 heavy (non-hydrogen) atoms. The number of hydrogen-bond acceptors (Lipinski definition) is 4. The van der Waals surface area contributed by atoms with E-state index in [1.807, 2.05) is 18.2 Å². The van der Waals surface area contributed by atoms with Crippen molar-refractivity contribution in [3.05, 3.63) is 30.0 Å². The number of carbonyl (C=O) groups is 2. The fourth-order valence-corrected chi connectivity index (χ4v) is 2.69. The van der Waals surface area contributed by atoms with Gasteiger partial charge in [0.05, 0.1) is 5.52 Å². The minimum Gasteiger partial charge on any atom is -0.480 e. The summed E-state index contributed by atoms with van der Waals surface area (Å²) in [7, 11) is 0. The average Bonchev–Trinajstić information content (AvgIpc) is 2.90. The normalized spacial score (nSPS) is 13.0. The fourth-order valence-electron chi connectivity index (χ4n) is 2.69. The van der Waals surface area contributed by atoms with Crippen LogP contribution in [-0.4, -0.2) is 44.5 Å². The predicted molar refractivity (Wildman–Crippen MR) is 94.4 cm³/mol. The van der Waals surface area contributed by atoms with E-state index in [9.17, 15) is 14.7 Å². The molecule has 136 valence electrons. The smallest absolute Gasteiger partial charge is 0.326 e. The Labute approximate surface area is 146 Å². The number of unbranched alkanes of at least 4 members (excludes halogenated alkanes) is 1. The molecule has 2 rings (SSSR count). The van der Waals surface area contributed by atoms with Crippen LogP contribution in [0.15, 0.2) is 24.3 Å². The largest absolute Gasteiger partial charge is 0.480 e. The lowest BCUT2D eigenvalue weighted by Gasteiger charge is -2.27. The van der Waals surface area contributed by atoms with Crippen molar-refractivity contribution in [2.75, 3.05) is 6.61 Å². The van der Waals surface area contributed by atoms with Crippen molar-refractivity contribution in [1.29, 1.82) is 0 Å². The number of nitrogens with one attached hydrogen (secondary N) is 1. The number of nitrogens with zero attached hydrogens (tertiary/aromatic N) is 2. The van der Waals surface area contributed by atoms with Crippen LogP contribution in [0.1, 0.15) is 44.1 Å². The van der Waals surface area contributed by atoms with Gasteiger partial charge in [0.25, 0.3) is 5.91 Å². The number of hydrogen-bond donors (Lipinski definition) is 3. The molecule has 7 nitrogen and oxygen atoms in total. The van der Waals surface area contributed by atoms with E-state index in [4.69, 9.17) is 5.11 Å². The molecule has 2 aromatic rings. The molecule has 7 heteroatoms. The molecule has 0 bridgehead atoms. The van der Waals surface area contributed by atoms with E-state index in [1.54, 1.807) is 31.5 Å². The predicted octanol–water partition coefficient (Wildman–Crippen LogP) is 2.04. The number of rotatable bonds is 7. The molecule has 1 amide bonds. The van der Waals surface area contributed by atoms with Gasteiger partial charge in [0.2, 0.25) is 0 Å². The lowest BCUT2D eigenvalue weighted by molar-refractivity contribution is -0.142. The molecule has 3 N–H and O–H groups in total. The molecule has 0 aliphatic carbocycles. The number of aliphatic hydroxyl groups is 1.